The van der Waals surface area contributed by atoms with Gasteiger partial charge in [0.25, 0.3) is 0 Å². The third-order valence-electron chi connectivity index (χ3n) is 6.63. The Labute approximate surface area is 221 Å². The maximum Gasteiger partial charge on any atom is 0.337 e. The molecule has 1 amide bonds. The first-order valence-electron chi connectivity index (χ1n) is 12.7. The van der Waals surface area contributed by atoms with Gasteiger partial charge in [-0.2, -0.15) is 0 Å². The Bertz CT molecular complexity index is 1530. The van der Waals surface area contributed by atoms with Gasteiger partial charge in [0.2, 0.25) is 5.91 Å². The molecule has 0 fully saturated rings. The maximum absolute atomic E-state index is 13.8. The second-order valence-corrected chi connectivity index (χ2v) is 9.11. The fourth-order valence-corrected chi connectivity index (χ4v) is 4.67. The number of carbonyl (C=O) groups excluding carboxylic acids is 2. The highest BCUT2D eigenvalue weighted by atomic mass is 16.5. The van der Waals surface area contributed by atoms with Crippen LogP contribution < -0.4 is 5.32 Å². The first kappa shape index (κ1) is 25.0. The average molecular weight is 504 g/mol. The smallest absolute Gasteiger partial charge is 0.337 e. The summed E-state index contributed by atoms with van der Waals surface area (Å²) in [5.41, 5.74) is 5.17. The van der Waals surface area contributed by atoms with Gasteiger partial charge in [-0.25, -0.2) is 9.78 Å². The van der Waals surface area contributed by atoms with Crippen molar-refractivity contribution >= 4 is 22.9 Å². The van der Waals surface area contributed by atoms with Crippen molar-refractivity contribution in [2.45, 2.75) is 25.4 Å². The number of ether oxygens (including phenoxy) is 1. The van der Waals surface area contributed by atoms with Crippen molar-refractivity contribution in [2.24, 2.45) is 0 Å². The zero-order valence-corrected chi connectivity index (χ0v) is 21.2. The molecule has 1 heterocycles. The number of benzene rings is 4. The fourth-order valence-electron chi connectivity index (χ4n) is 4.67. The zero-order chi connectivity index (χ0) is 26.3. The van der Waals surface area contributed by atoms with Crippen LogP contribution in [-0.4, -0.2) is 28.5 Å². The van der Waals surface area contributed by atoms with Crippen LogP contribution in [0.2, 0.25) is 0 Å². The predicted octanol–water partition coefficient (Wildman–Crippen LogP) is 5.98. The Morgan fingerprint density at radius 1 is 0.816 bits per heavy atom. The van der Waals surface area contributed by atoms with E-state index in [1.807, 2.05) is 89.5 Å². The van der Waals surface area contributed by atoms with Gasteiger partial charge < -0.3 is 14.6 Å². The van der Waals surface area contributed by atoms with Crippen molar-refractivity contribution in [1.82, 2.24) is 14.9 Å². The largest absolute Gasteiger partial charge is 0.465 e. The number of esters is 1. The quantitative estimate of drug-likeness (QED) is 0.251. The van der Waals surface area contributed by atoms with E-state index >= 15 is 0 Å². The number of imidazole rings is 1. The van der Waals surface area contributed by atoms with Crippen LogP contribution in [0.5, 0.6) is 0 Å². The van der Waals surface area contributed by atoms with E-state index in [0.29, 0.717) is 24.4 Å². The molecule has 38 heavy (non-hydrogen) atoms. The van der Waals surface area contributed by atoms with Gasteiger partial charge in [-0.05, 0) is 48.2 Å². The first-order valence-corrected chi connectivity index (χ1v) is 12.7. The molecule has 5 rings (SSSR count). The van der Waals surface area contributed by atoms with Gasteiger partial charge in [0.05, 0.1) is 23.7 Å². The number of carbonyl (C=O) groups is 2. The summed E-state index contributed by atoms with van der Waals surface area (Å²) in [5.74, 6) is 0.210. The van der Waals surface area contributed by atoms with Gasteiger partial charge in [0.1, 0.15) is 11.9 Å². The minimum atomic E-state index is -0.499. The molecule has 0 saturated heterocycles. The minimum absolute atomic E-state index is 0.0691. The zero-order valence-electron chi connectivity index (χ0n) is 21.2. The number of nitrogens with one attached hydrogen (secondary N) is 1. The fraction of sp³-hybridized carbons (Fsp3) is 0.156. The summed E-state index contributed by atoms with van der Waals surface area (Å²) >= 11 is 0. The van der Waals surface area contributed by atoms with Crippen LogP contribution in [0.1, 0.15) is 33.9 Å². The molecule has 1 N–H and O–H groups in total. The van der Waals surface area contributed by atoms with Crippen LogP contribution >= 0.6 is 0 Å². The van der Waals surface area contributed by atoms with Crippen molar-refractivity contribution in [3.05, 3.63) is 126 Å². The van der Waals surface area contributed by atoms with Gasteiger partial charge in [-0.1, -0.05) is 84.9 Å². The number of fused-ring (bicyclic) bond motifs is 1. The summed E-state index contributed by atoms with van der Waals surface area (Å²) in [4.78, 5) is 30.7. The molecular weight excluding hydrogens is 474 g/mol. The Hall–Kier alpha value is -4.71. The third kappa shape index (κ3) is 5.49. The van der Waals surface area contributed by atoms with Gasteiger partial charge in [-0.3, -0.25) is 4.79 Å². The van der Waals surface area contributed by atoms with Gasteiger partial charge in [0, 0.05) is 12.1 Å². The topological polar surface area (TPSA) is 73.2 Å². The van der Waals surface area contributed by atoms with Crippen molar-refractivity contribution in [2.75, 3.05) is 7.11 Å². The van der Waals surface area contributed by atoms with Gasteiger partial charge >= 0.3 is 5.97 Å². The molecule has 0 radical (unpaired) electrons. The van der Waals surface area contributed by atoms with Crippen LogP contribution in [0, 0.1) is 0 Å². The summed E-state index contributed by atoms with van der Waals surface area (Å²) in [6.45, 7) is 0.442. The highest BCUT2D eigenvalue weighted by Gasteiger charge is 2.26. The lowest BCUT2D eigenvalue weighted by Crippen LogP contribution is -2.33. The van der Waals surface area contributed by atoms with Crippen LogP contribution in [0.15, 0.2) is 109 Å². The van der Waals surface area contributed by atoms with Crippen LogP contribution in [0.25, 0.3) is 22.4 Å². The monoisotopic (exact) mass is 503 g/mol. The van der Waals surface area contributed by atoms with Crippen molar-refractivity contribution in [1.29, 1.82) is 0 Å². The number of nitrogens with zero attached hydrogens (tertiary/aromatic N) is 2. The number of methoxy groups -OCH3 is 1. The maximum atomic E-state index is 13.8. The minimum Gasteiger partial charge on any atom is -0.465 e. The number of amides is 1. The number of hydrogen-bond donors (Lipinski definition) is 1. The van der Waals surface area contributed by atoms with Crippen LogP contribution in [0.4, 0.5) is 0 Å². The van der Waals surface area contributed by atoms with E-state index in [0.717, 1.165) is 28.6 Å². The number of rotatable bonds is 9. The molecule has 4 aromatic carbocycles. The number of aromatic nitrogens is 2. The molecule has 5 aromatic rings. The molecule has 190 valence electrons. The Morgan fingerprint density at radius 3 is 2.13 bits per heavy atom. The number of para-hydroxylation sites is 2. The van der Waals surface area contributed by atoms with E-state index in [1.54, 1.807) is 12.1 Å². The van der Waals surface area contributed by atoms with E-state index in [1.165, 1.54) is 12.7 Å². The Morgan fingerprint density at radius 2 is 1.45 bits per heavy atom. The lowest BCUT2D eigenvalue weighted by Gasteiger charge is -2.22. The molecule has 1 atom stereocenters. The second-order valence-electron chi connectivity index (χ2n) is 9.11. The van der Waals surface area contributed by atoms with E-state index in [2.05, 4.69) is 17.4 Å². The Balaban J connectivity index is 1.55. The second kappa shape index (κ2) is 11.6. The molecule has 0 aliphatic carbocycles. The molecule has 6 nitrogen and oxygen atoms in total. The Kier molecular flexibility index (Phi) is 7.59. The molecule has 0 spiro atoms. The summed E-state index contributed by atoms with van der Waals surface area (Å²) in [5, 5.41) is 3.15. The molecule has 6 heteroatoms. The standard InChI is InChI=1S/C32H29N3O3/c1-38-32(37)26-19-17-25(18-20-26)30-34-27-14-8-9-15-28(27)35(30)29(21-16-23-10-4-2-5-11-23)31(36)33-22-24-12-6-3-7-13-24/h2-15,17-20,29H,16,21-22H2,1H3,(H,33,36). The summed E-state index contributed by atoms with van der Waals surface area (Å²) in [7, 11) is 1.36. The number of hydrogen-bond acceptors (Lipinski definition) is 4. The molecule has 1 aromatic heterocycles. The highest BCUT2D eigenvalue weighted by molar-refractivity contribution is 5.90. The lowest BCUT2D eigenvalue weighted by atomic mass is 10.0. The molecular formula is C32H29N3O3. The van der Waals surface area contributed by atoms with Crippen molar-refractivity contribution in [3.8, 4) is 11.4 Å². The third-order valence-corrected chi connectivity index (χ3v) is 6.63. The van der Waals surface area contributed by atoms with Gasteiger partial charge in [-0.15, -0.1) is 0 Å². The predicted molar refractivity (Wildman–Crippen MR) is 149 cm³/mol. The first-order chi connectivity index (χ1) is 18.6. The molecule has 0 aliphatic heterocycles. The molecule has 0 aliphatic rings. The average Bonchev–Trinajstić information content (AvgIpc) is 3.36. The lowest BCUT2D eigenvalue weighted by molar-refractivity contribution is -0.124. The van der Waals surface area contributed by atoms with Crippen molar-refractivity contribution in [3.63, 3.8) is 0 Å². The highest BCUT2D eigenvalue weighted by Crippen LogP contribution is 2.31. The summed E-state index contributed by atoms with van der Waals surface area (Å²) in [6, 6.07) is 34.6. The summed E-state index contributed by atoms with van der Waals surface area (Å²) in [6.07, 6.45) is 1.33. The van der Waals surface area contributed by atoms with E-state index < -0.39 is 12.0 Å². The summed E-state index contributed by atoms with van der Waals surface area (Å²) < 4.78 is 6.88. The van der Waals surface area contributed by atoms with E-state index in [9.17, 15) is 9.59 Å². The SMILES string of the molecule is COC(=O)c1ccc(-c2nc3ccccc3n2C(CCc2ccccc2)C(=O)NCc2ccccc2)cc1. The van der Waals surface area contributed by atoms with E-state index in [4.69, 9.17) is 9.72 Å². The van der Waals surface area contributed by atoms with E-state index in [-0.39, 0.29) is 5.91 Å². The number of aryl methyl sites for hydroxylation is 1. The molecule has 1 unspecified atom stereocenters. The van der Waals surface area contributed by atoms with Crippen LogP contribution in [0.3, 0.4) is 0 Å². The van der Waals surface area contributed by atoms with Crippen LogP contribution in [-0.2, 0) is 22.5 Å². The molecule has 0 bridgehead atoms. The van der Waals surface area contributed by atoms with Gasteiger partial charge in [0.15, 0.2) is 0 Å². The van der Waals surface area contributed by atoms with Crippen molar-refractivity contribution < 1.29 is 14.3 Å². The normalized spacial score (nSPS) is 11.7. The molecule has 0 saturated carbocycles.